The zero-order valence-electron chi connectivity index (χ0n) is 18.5. The van der Waals surface area contributed by atoms with E-state index in [9.17, 15) is 19.1 Å². The monoisotopic (exact) mass is 443 g/mol. The molecule has 8 heteroatoms. The molecule has 32 heavy (non-hydrogen) atoms. The smallest absolute Gasteiger partial charge is 0.258 e. The zero-order chi connectivity index (χ0) is 22.8. The van der Waals surface area contributed by atoms with E-state index >= 15 is 0 Å². The molecule has 4 atom stereocenters. The normalized spacial score (nSPS) is 24.4. The van der Waals surface area contributed by atoms with Gasteiger partial charge in [0.1, 0.15) is 5.82 Å². The Morgan fingerprint density at radius 1 is 1.25 bits per heavy atom. The number of ether oxygens (including phenoxy) is 1. The van der Waals surface area contributed by atoms with Crippen LogP contribution in [0.15, 0.2) is 41.2 Å². The van der Waals surface area contributed by atoms with Crippen molar-refractivity contribution in [3.05, 3.63) is 58.3 Å². The lowest BCUT2D eigenvalue weighted by Gasteiger charge is -2.38. The van der Waals surface area contributed by atoms with Gasteiger partial charge in [-0.25, -0.2) is 4.39 Å². The Morgan fingerprint density at radius 3 is 2.72 bits per heavy atom. The summed E-state index contributed by atoms with van der Waals surface area (Å²) >= 11 is 0. The molecule has 0 saturated carbocycles. The van der Waals surface area contributed by atoms with Crippen LogP contribution in [0.5, 0.6) is 0 Å². The maximum atomic E-state index is 14.4. The van der Waals surface area contributed by atoms with Crippen molar-refractivity contribution in [3.63, 3.8) is 0 Å². The molecular weight excluding hydrogens is 413 g/mol. The van der Waals surface area contributed by atoms with Crippen molar-refractivity contribution in [1.29, 1.82) is 0 Å². The highest BCUT2D eigenvalue weighted by atomic mass is 19.1. The fourth-order valence-electron chi connectivity index (χ4n) is 5.37. The summed E-state index contributed by atoms with van der Waals surface area (Å²) in [6.45, 7) is 3.83. The third-order valence-corrected chi connectivity index (χ3v) is 6.72. The minimum atomic E-state index is -0.485. The largest absolute Gasteiger partial charge is 0.396 e. The second-order valence-corrected chi connectivity index (χ2v) is 8.47. The number of carbonyl (C=O) groups excluding carboxylic acids is 1. The van der Waals surface area contributed by atoms with Gasteiger partial charge in [0.15, 0.2) is 0 Å². The van der Waals surface area contributed by atoms with Gasteiger partial charge >= 0.3 is 0 Å². The molecule has 2 aromatic rings. The molecule has 1 saturated heterocycles. The first-order valence-corrected chi connectivity index (χ1v) is 11.1. The zero-order valence-corrected chi connectivity index (χ0v) is 18.5. The van der Waals surface area contributed by atoms with Gasteiger partial charge in [0.2, 0.25) is 5.91 Å². The van der Waals surface area contributed by atoms with E-state index in [2.05, 4.69) is 17.1 Å². The summed E-state index contributed by atoms with van der Waals surface area (Å²) in [5.41, 5.74) is 1.04. The second kappa shape index (κ2) is 9.52. The van der Waals surface area contributed by atoms with Crippen molar-refractivity contribution in [1.82, 2.24) is 14.8 Å². The number of aromatic nitrogens is 1. The Labute approximate surface area is 186 Å². The molecule has 2 aliphatic heterocycles. The lowest BCUT2D eigenvalue weighted by molar-refractivity contribution is -0.127. The highest BCUT2D eigenvalue weighted by Crippen LogP contribution is 2.48. The average molecular weight is 444 g/mol. The van der Waals surface area contributed by atoms with Crippen LogP contribution in [0, 0.1) is 17.7 Å². The van der Waals surface area contributed by atoms with Crippen molar-refractivity contribution in [2.75, 3.05) is 33.4 Å². The summed E-state index contributed by atoms with van der Waals surface area (Å²) in [4.78, 5) is 28.8. The van der Waals surface area contributed by atoms with Crippen molar-refractivity contribution >= 4 is 5.91 Å². The number of aliphatic hydroxyl groups excluding tert-OH is 1. The summed E-state index contributed by atoms with van der Waals surface area (Å²) < 4.78 is 21.1. The third kappa shape index (κ3) is 3.76. The average Bonchev–Trinajstić information content (AvgIpc) is 3.00. The van der Waals surface area contributed by atoms with Gasteiger partial charge in [-0.1, -0.05) is 25.1 Å². The van der Waals surface area contributed by atoms with E-state index in [1.165, 1.54) is 6.07 Å². The second-order valence-electron chi connectivity index (χ2n) is 8.47. The van der Waals surface area contributed by atoms with E-state index in [0.29, 0.717) is 25.3 Å². The van der Waals surface area contributed by atoms with Crippen molar-refractivity contribution < 1.29 is 19.0 Å². The van der Waals surface area contributed by atoms with E-state index < -0.39 is 11.7 Å². The molecule has 1 aromatic heterocycles. The predicted molar refractivity (Wildman–Crippen MR) is 119 cm³/mol. The number of aliphatic hydroxyl groups is 1. The molecule has 2 N–H and O–H groups in total. The van der Waals surface area contributed by atoms with Gasteiger partial charge in [-0.05, 0) is 31.2 Å². The predicted octanol–water partition coefficient (Wildman–Crippen LogP) is 1.79. The van der Waals surface area contributed by atoms with E-state index in [1.807, 2.05) is 6.07 Å². The molecule has 0 radical (unpaired) electrons. The quantitative estimate of drug-likeness (QED) is 0.608. The summed E-state index contributed by atoms with van der Waals surface area (Å²) in [5.74, 6) is -1.37. The van der Waals surface area contributed by atoms with Gasteiger partial charge in [0.05, 0.1) is 24.1 Å². The molecule has 0 aliphatic carbocycles. The number of hydrogen-bond donors (Lipinski definition) is 2. The topological polar surface area (TPSA) is 83.8 Å². The fourth-order valence-corrected chi connectivity index (χ4v) is 5.37. The first-order valence-electron chi connectivity index (χ1n) is 11.1. The van der Waals surface area contributed by atoms with Gasteiger partial charge in [-0.15, -0.1) is 0 Å². The third-order valence-electron chi connectivity index (χ3n) is 6.72. The van der Waals surface area contributed by atoms with Crippen LogP contribution >= 0.6 is 0 Å². The van der Waals surface area contributed by atoms with Gasteiger partial charge in [-0.2, -0.15) is 0 Å². The van der Waals surface area contributed by atoms with Crippen LogP contribution in [0.2, 0.25) is 0 Å². The number of amides is 1. The maximum Gasteiger partial charge on any atom is 0.258 e. The molecule has 7 nitrogen and oxygen atoms in total. The molecule has 2 bridgehead atoms. The first-order chi connectivity index (χ1) is 15.5. The number of pyridine rings is 1. The Balaban J connectivity index is 1.79. The summed E-state index contributed by atoms with van der Waals surface area (Å²) in [7, 11) is 1.57. The Hall–Kier alpha value is -2.55. The van der Waals surface area contributed by atoms with Gasteiger partial charge in [0, 0.05) is 50.0 Å². The number of nitrogens with one attached hydrogen (secondary N) is 1. The molecule has 0 unspecified atom stereocenters. The van der Waals surface area contributed by atoms with Crippen LogP contribution in [0.25, 0.3) is 11.1 Å². The fraction of sp³-hybridized carbons (Fsp3) is 0.500. The lowest BCUT2D eigenvalue weighted by Crippen LogP contribution is -2.47. The number of halogens is 1. The molecule has 1 fully saturated rings. The minimum absolute atomic E-state index is 0.145. The number of carbonyl (C=O) groups is 1. The highest BCUT2D eigenvalue weighted by molar-refractivity contribution is 5.80. The number of rotatable bonds is 8. The summed E-state index contributed by atoms with van der Waals surface area (Å²) in [6.07, 6.45) is 0.890. The Kier molecular flexibility index (Phi) is 6.74. The van der Waals surface area contributed by atoms with Crippen molar-refractivity contribution in [3.8, 4) is 11.1 Å². The summed E-state index contributed by atoms with van der Waals surface area (Å²) in [6, 6.07) is 9.26. The molecule has 0 spiro atoms. The Bertz CT molecular complexity index is 1040. The first kappa shape index (κ1) is 22.6. The van der Waals surface area contributed by atoms with Crippen molar-refractivity contribution in [2.24, 2.45) is 11.8 Å². The van der Waals surface area contributed by atoms with Gasteiger partial charge in [-0.3, -0.25) is 14.5 Å². The van der Waals surface area contributed by atoms with Crippen LogP contribution in [0.4, 0.5) is 4.39 Å². The number of fused-ring (bicyclic) bond motifs is 4. The Morgan fingerprint density at radius 2 is 2.03 bits per heavy atom. The van der Waals surface area contributed by atoms with Crippen molar-refractivity contribution in [2.45, 2.75) is 32.0 Å². The molecule has 4 rings (SSSR count). The molecule has 1 amide bonds. The van der Waals surface area contributed by atoms with E-state index in [-0.39, 0.29) is 41.6 Å². The van der Waals surface area contributed by atoms with Crippen LogP contribution in [0.3, 0.4) is 0 Å². The maximum absolute atomic E-state index is 14.4. The van der Waals surface area contributed by atoms with E-state index in [1.54, 1.807) is 35.9 Å². The highest BCUT2D eigenvalue weighted by Gasteiger charge is 2.55. The minimum Gasteiger partial charge on any atom is -0.396 e. The molecule has 1 aromatic carbocycles. The van der Waals surface area contributed by atoms with Crippen LogP contribution in [-0.4, -0.2) is 59.9 Å². The van der Waals surface area contributed by atoms with Crippen LogP contribution in [-0.2, 0) is 16.1 Å². The molecule has 172 valence electrons. The van der Waals surface area contributed by atoms with Gasteiger partial charge < -0.3 is 19.7 Å². The van der Waals surface area contributed by atoms with Crippen LogP contribution in [0.1, 0.15) is 25.1 Å². The standard InChI is InChI=1S/C24H30FN3O4/c1-3-11-27-20-13-28-19(9-8-16(24(28)31)15-6-4-5-7-18(15)25)22(27)21(17(20)14-29)23(30)26-10-12-32-2/h4-9,17,20-22,29H,3,10-14H2,1-2H3,(H,26,30)/t17-,20-,21+,22+/m0/s1. The van der Waals surface area contributed by atoms with Gasteiger partial charge in [0.25, 0.3) is 5.56 Å². The lowest BCUT2D eigenvalue weighted by atomic mass is 9.86. The number of hydrogen-bond acceptors (Lipinski definition) is 5. The summed E-state index contributed by atoms with van der Waals surface area (Å²) in [5, 5.41) is 13.2. The van der Waals surface area contributed by atoms with Crippen LogP contribution < -0.4 is 10.9 Å². The number of benzene rings is 1. The molecule has 3 heterocycles. The SMILES string of the molecule is CCCN1[C@@H]2c3ccc(-c4ccccc4F)c(=O)n3C[C@H]1[C@H](CO)[C@H]2C(=O)NCCOC. The number of nitrogens with zero attached hydrogens (tertiary/aromatic N) is 2. The number of methoxy groups -OCH3 is 1. The molecular formula is C24H30FN3O4. The van der Waals surface area contributed by atoms with E-state index in [4.69, 9.17) is 4.74 Å². The van der Waals surface area contributed by atoms with E-state index in [0.717, 1.165) is 18.7 Å². The molecule has 2 aliphatic rings.